The van der Waals surface area contributed by atoms with Crippen LogP contribution in [0.25, 0.3) is 16.5 Å². The summed E-state index contributed by atoms with van der Waals surface area (Å²) in [5, 5.41) is 6.91. The number of nitrogens with one attached hydrogen (secondary N) is 2. The van der Waals surface area contributed by atoms with E-state index in [0.29, 0.717) is 17.5 Å². The number of fused-ring (bicyclic) bond motifs is 1. The van der Waals surface area contributed by atoms with Crippen LogP contribution in [0.2, 0.25) is 0 Å². The third-order valence-corrected chi connectivity index (χ3v) is 6.52. The SMILES string of the molecule is CCCNC(=O)CCC(=O)Nc1ccc2c(C3=CC(C(N)=S)CC=C3)cn(CC3CC3)c2c1. The number of nitrogens with two attached hydrogens (primary N) is 1. The number of rotatable bonds is 10. The van der Waals surface area contributed by atoms with Crippen LogP contribution in [-0.4, -0.2) is 27.9 Å². The molecular formula is C26H32N4O2S. The highest BCUT2D eigenvalue weighted by Gasteiger charge is 2.24. The molecule has 1 aromatic carbocycles. The van der Waals surface area contributed by atoms with Gasteiger partial charge in [0.05, 0.1) is 10.5 Å². The molecule has 1 saturated carbocycles. The van der Waals surface area contributed by atoms with Crippen molar-refractivity contribution in [1.82, 2.24) is 9.88 Å². The third kappa shape index (κ3) is 5.90. The summed E-state index contributed by atoms with van der Waals surface area (Å²) < 4.78 is 2.30. The number of aromatic nitrogens is 1. The lowest BCUT2D eigenvalue weighted by Crippen LogP contribution is -2.25. The van der Waals surface area contributed by atoms with Crippen molar-refractivity contribution >= 4 is 51.2 Å². The average Bonchev–Trinajstić information content (AvgIpc) is 3.56. The number of anilines is 1. The lowest BCUT2D eigenvalue weighted by molar-refractivity contribution is -0.124. The zero-order valence-corrected chi connectivity index (χ0v) is 19.9. The highest BCUT2D eigenvalue weighted by molar-refractivity contribution is 7.80. The van der Waals surface area contributed by atoms with Crippen molar-refractivity contribution in [3.8, 4) is 0 Å². The molecule has 6 nitrogen and oxygen atoms in total. The molecule has 1 aromatic heterocycles. The highest BCUT2D eigenvalue weighted by atomic mass is 32.1. The Morgan fingerprint density at radius 2 is 2.00 bits per heavy atom. The summed E-state index contributed by atoms with van der Waals surface area (Å²) in [6.45, 7) is 3.61. The molecule has 33 heavy (non-hydrogen) atoms. The molecule has 0 radical (unpaired) electrons. The summed E-state index contributed by atoms with van der Waals surface area (Å²) in [6.07, 6.45) is 13.3. The molecular weight excluding hydrogens is 432 g/mol. The fraction of sp³-hybridized carbons (Fsp3) is 0.423. The van der Waals surface area contributed by atoms with Crippen LogP contribution >= 0.6 is 12.2 Å². The molecule has 2 aliphatic rings. The number of carbonyl (C=O) groups excluding carboxylic acids is 2. The van der Waals surface area contributed by atoms with Crippen LogP contribution in [0.5, 0.6) is 0 Å². The Hall–Kier alpha value is -2.93. The number of nitrogens with zero attached hydrogens (tertiary/aromatic N) is 1. The Balaban J connectivity index is 1.55. The van der Waals surface area contributed by atoms with E-state index in [-0.39, 0.29) is 30.6 Å². The molecule has 0 saturated heterocycles. The smallest absolute Gasteiger partial charge is 0.224 e. The van der Waals surface area contributed by atoms with E-state index in [9.17, 15) is 9.59 Å². The zero-order valence-electron chi connectivity index (χ0n) is 19.1. The quantitative estimate of drug-likeness (QED) is 0.450. The zero-order chi connectivity index (χ0) is 23.4. The lowest BCUT2D eigenvalue weighted by Gasteiger charge is -2.15. The van der Waals surface area contributed by atoms with E-state index >= 15 is 0 Å². The predicted molar refractivity (Wildman–Crippen MR) is 138 cm³/mol. The standard InChI is InChI=1S/C26H32N4O2S/c1-2-12-28-24(31)10-11-25(32)29-20-8-9-21-22(18-4-3-5-19(13-18)26(27)33)16-30(23(21)14-20)15-17-6-7-17/h3-4,8-9,13-14,16-17,19H,2,5-7,10-12,15H2,1H3,(H2,27,33)(H,28,31)(H,29,32). The minimum Gasteiger partial charge on any atom is -0.393 e. The van der Waals surface area contributed by atoms with E-state index in [1.807, 2.05) is 19.1 Å². The molecule has 4 rings (SSSR count). The fourth-order valence-electron chi connectivity index (χ4n) is 4.19. The molecule has 2 aromatic rings. The molecule has 174 valence electrons. The average molecular weight is 465 g/mol. The summed E-state index contributed by atoms with van der Waals surface area (Å²) in [5.41, 5.74) is 10.1. The monoisotopic (exact) mass is 464 g/mol. The highest BCUT2D eigenvalue weighted by Crippen LogP contribution is 2.37. The molecule has 2 amide bonds. The number of benzene rings is 1. The second-order valence-corrected chi connectivity index (χ2v) is 9.51. The van der Waals surface area contributed by atoms with Gasteiger partial charge in [-0.3, -0.25) is 9.59 Å². The number of hydrogen-bond acceptors (Lipinski definition) is 3. The van der Waals surface area contributed by atoms with Crippen molar-refractivity contribution < 1.29 is 9.59 Å². The first-order valence-electron chi connectivity index (χ1n) is 11.8. The van der Waals surface area contributed by atoms with Crippen LogP contribution in [0.3, 0.4) is 0 Å². The van der Waals surface area contributed by atoms with Crippen LogP contribution in [0.1, 0.15) is 51.0 Å². The number of allylic oxidation sites excluding steroid dienone is 3. The maximum absolute atomic E-state index is 12.4. The molecule has 7 heteroatoms. The van der Waals surface area contributed by atoms with E-state index in [4.69, 9.17) is 18.0 Å². The van der Waals surface area contributed by atoms with Crippen molar-refractivity contribution in [2.75, 3.05) is 11.9 Å². The first kappa shape index (κ1) is 23.2. The van der Waals surface area contributed by atoms with Gasteiger partial charge in [0.15, 0.2) is 0 Å². The number of hydrogen-bond donors (Lipinski definition) is 3. The van der Waals surface area contributed by atoms with Crippen LogP contribution in [0.15, 0.2) is 42.6 Å². The van der Waals surface area contributed by atoms with E-state index in [1.165, 1.54) is 12.8 Å². The van der Waals surface area contributed by atoms with Gasteiger partial charge >= 0.3 is 0 Å². The van der Waals surface area contributed by atoms with E-state index in [1.54, 1.807) is 0 Å². The van der Waals surface area contributed by atoms with E-state index < -0.39 is 0 Å². The number of amides is 2. The molecule has 0 aliphatic heterocycles. The molecule has 1 atom stereocenters. The molecule has 1 fully saturated rings. The molecule has 4 N–H and O–H groups in total. The van der Waals surface area contributed by atoms with Gasteiger partial charge in [-0.15, -0.1) is 0 Å². The van der Waals surface area contributed by atoms with Gasteiger partial charge in [0.1, 0.15) is 0 Å². The van der Waals surface area contributed by atoms with Gasteiger partial charge in [-0.2, -0.15) is 0 Å². The summed E-state index contributed by atoms with van der Waals surface area (Å²) >= 11 is 5.23. The Bertz CT molecular complexity index is 1130. The predicted octanol–water partition coefficient (Wildman–Crippen LogP) is 4.54. The van der Waals surface area contributed by atoms with E-state index in [2.05, 4.69) is 45.7 Å². The van der Waals surface area contributed by atoms with E-state index in [0.717, 1.165) is 47.1 Å². The summed E-state index contributed by atoms with van der Waals surface area (Å²) in [5.74, 6) is 0.553. The summed E-state index contributed by atoms with van der Waals surface area (Å²) in [4.78, 5) is 24.7. The molecule has 0 bridgehead atoms. The van der Waals surface area contributed by atoms with Gasteiger partial charge in [-0.25, -0.2) is 0 Å². The van der Waals surface area contributed by atoms with Gasteiger partial charge in [-0.1, -0.05) is 43.4 Å². The summed E-state index contributed by atoms with van der Waals surface area (Å²) in [7, 11) is 0. The van der Waals surface area contributed by atoms with Crippen LogP contribution in [0, 0.1) is 11.8 Å². The Morgan fingerprint density at radius 1 is 1.21 bits per heavy atom. The largest absolute Gasteiger partial charge is 0.393 e. The fourth-order valence-corrected chi connectivity index (χ4v) is 4.36. The number of carbonyl (C=O) groups is 2. The molecule has 1 heterocycles. The first-order valence-corrected chi connectivity index (χ1v) is 12.2. The van der Waals surface area contributed by atoms with Crippen LogP contribution in [0.4, 0.5) is 5.69 Å². The van der Waals surface area contributed by atoms with Gasteiger partial charge < -0.3 is 20.9 Å². The van der Waals surface area contributed by atoms with Crippen molar-refractivity contribution in [3.63, 3.8) is 0 Å². The number of thiocarbonyl (C=S) groups is 1. The van der Waals surface area contributed by atoms with Gasteiger partial charge in [0.25, 0.3) is 0 Å². The van der Waals surface area contributed by atoms with Crippen molar-refractivity contribution in [2.45, 2.75) is 52.0 Å². The van der Waals surface area contributed by atoms with Crippen LogP contribution < -0.4 is 16.4 Å². The molecule has 0 spiro atoms. The van der Waals surface area contributed by atoms with Crippen molar-refractivity contribution in [1.29, 1.82) is 0 Å². The second-order valence-electron chi connectivity index (χ2n) is 9.04. The van der Waals surface area contributed by atoms with Gasteiger partial charge in [0, 0.05) is 54.7 Å². The Kier molecular flexibility index (Phi) is 7.28. The first-order chi connectivity index (χ1) is 15.9. The summed E-state index contributed by atoms with van der Waals surface area (Å²) in [6, 6.07) is 6.03. The Morgan fingerprint density at radius 3 is 2.73 bits per heavy atom. The molecule has 1 unspecified atom stereocenters. The van der Waals surface area contributed by atoms with Gasteiger partial charge in [0.2, 0.25) is 11.8 Å². The maximum Gasteiger partial charge on any atom is 0.224 e. The van der Waals surface area contributed by atoms with Gasteiger partial charge in [-0.05, 0) is 49.3 Å². The minimum absolute atomic E-state index is 0.0786. The van der Waals surface area contributed by atoms with Crippen LogP contribution in [-0.2, 0) is 16.1 Å². The second kappa shape index (κ2) is 10.3. The molecule has 2 aliphatic carbocycles. The Labute approximate surface area is 200 Å². The third-order valence-electron chi connectivity index (χ3n) is 6.21. The lowest BCUT2D eigenvalue weighted by atomic mass is 9.92. The minimum atomic E-state index is -0.154. The van der Waals surface area contributed by atoms with Crippen molar-refractivity contribution in [3.05, 3.63) is 48.2 Å². The normalized spacial score (nSPS) is 17.6. The maximum atomic E-state index is 12.4. The topological polar surface area (TPSA) is 89.2 Å². The van der Waals surface area contributed by atoms with Crippen molar-refractivity contribution in [2.24, 2.45) is 17.6 Å².